The fraction of sp³-hybridized carbons (Fsp3) is 0.562. The van der Waals surface area contributed by atoms with E-state index in [1.54, 1.807) is 11.5 Å². The standard InChI is InChI=1S/C16H20N2OS/c19-16-8-4-3-5-12(16)11-18(10-9-16)15-13-6-1-2-7-14(13)17-20-15/h1-2,6-7,12,19H,3-5,8-11H2. The van der Waals surface area contributed by atoms with Crippen LogP contribution in [0.4, 0.5) is 5.00 Å². The van der Waals surface area contributed by atoms with E-state index < -0.39 is 5.60 Å². The van der Waals surface area contributed by atoms with Gasteiger partial charge in [0.05, 0.1) is 11.1 Å². The number of anilines is 1. The van der Waals surface area contributed by atoms with Crippen molar-refractivity contribution >= 4 is 27.4 Å². The third kappa shape index (κ3) is 1.93. The van der Waals surface area contributed by atoms with E-state index in [0.717, 1.165) is 31.4 Å². The molecule has 4 heteroatoms. The van der Waals surface area contributed by atoms with Crippen molar-refractivity contribution in [3.8, 4) is 0 Å². The molecule has 2 aliphatic rings. The second-order valence-corrected chi connectivity index (χ2v) is 7.00. The quantitative estimate of drug-likeness (QED) is 0.873. The molecular formula is C16H20N2OS. The maximum absolute atomic E-state index is 10.8. The summed E-state index contributed by atoms with van der Waals surface area (Å²) in [4.78, 5) is 2.45. The summed E-state index contributed by atoms with van der Waals surface area (Å²) in [6, 6.07) is 8.37. The largest absolute Gasteiger partial charge is 0.389 e. The Morgan fingerprint density at radius 2 is 2.15 bits per heavy atom. The van der Waals surface area contributed by atoms with E-state index in [1.807, 2.05) is 6.07 Å². The lowest BCUT2D eigenvalue weighted by atomic mass is 9.71. The van der Waals surface area contributed by atoms with Gasteiger partial charge in [0.15, 0.2) is 0 Å². The highest BCUT2D eigenvalue weighted by Gasteiger charge is 2.43. The molecular weight excluding hydrogens is 268 g/mol. The molecule has 0 radical (unpaired) electrons. The number of aliphatic hydroxyl groups is 1. The van der Waals surface area contributed by atoms with E-state index in [1.165, 1.54) is 29.6 Å². The number of rotatable bonds is 1. The first-order valence-corrected chi connectivity index (χ1v) is 8.35. The molecule has 2 atom stereocenters. The SMILES string of the molecule is OC12CCCCC1CN(c1snc3ccccc13)CC2. The highest BCUT2D eigenvalue weighted by molar-refractivity contribution is 7.11. The number of fused-ring (bicyclic) bond motifs is 2. The van der Waals surface area contributed by atoms with Gasteiger partial charge in [0, 0.05) is 24.4 Å². The van der Waals surface area contributed by atoms with Crippen LogP contribution < -0.4 is 4.90 Å². The molecule has 2 heterocycles. The van der Waals surface area contributed by atoms with Gasteiger partial charge >= 0.3 is 0 Å². The first-order chi connectivity index (χ1) is 9.76. The van der Waals surface area contributed by atoms with Crippen LogP contribution in [0.1, 0.15) is 32.1 Å². The second kappa shape index (κ2) is 4.71. The van der Waals surface area contributed by atoms with Crippen molar-refractivity contribution in [3.63, 3.8) is 0 Å². The van der Waals surface area contributed by atoms with E-state index >= 15 is 0 Å². The number of piperidine rings is 1. The van der Waals surface area contributed by atoms with Crippen molar-refractivity contribution in [1.82, 2.24) is 4.37 Å². The first-order valence-electron chi connectivity index (χ1n) is 7.58. The summed E-state index contributed by atoms with van der Waals surface area (Å²) >= 11 is 1.60. The molecule has 2 fully saturated rings. The Morgan fingerprint density at radius 1 is 1.25 bits per heavy atom. The van der Waals surface area contributed by atoms with E-state index in [-0.39, 0.29) is 0 Å². The summed E-state index contributed by atoms with van der Waals surface area (Å²) in [6.45, 7) is 1.95. The Kier molecular flexibility index (Phi) is 2.97. The number of nitrogens with zero attached hydrogens (tertiary/aromatic N) is 2. The molecule has 0 amide bonds. The molecule has 1 N–H and O–H groups in total. The summed E-state index contributed by atoms with van der Waals surface area (Å²) < 4.78 is 4.55. The Balaban J connectivity index is 1.64. The zero-order valence-electron chi connectivity index (χ0n) is 11.6. The first kappa shape index (κ1) is 12.6. The van der Waals surface area contributed by atoms with Crippen LogP contribution in [0.2, 0.25) is 0 Å². The lowest BCUT2D eigenvalue weighted by Crippen LogP contribution is -2.53. The van der Waals surface area contributed by atoms with Crippen LogP contribution in [0.25, 0.3) is 10.9 Å². The number of hydrogen-bond acceptors (Lipinski definition) is 4. The average Bonchev–Trinajstić information content (AvgIpc) is 2.90. The Bertz CT molecular complexity index is 626. The molecule has 1 saturated heterocycles. The predicted octanol–water partition coefficient (Wildman–Crippen LogP) is 3.43. The Morgan fingerprint density at radius 3 is 3.10 bits per heavy atom. The molecule has 1 aromatic heterocycles. The minimum absolute atomic E-state index is 0.394. The second-order valence-electron chi connectivity index (χ2n) is 6.25. The van der Waals surface area contributed by atoms with Crippen LogP contribution in [-0.2, 0) is 0 Å². The fourth-order valence-electron chi connectivity index (χ4n) is 3.86. The monoisotopic (exact) mass is 288 g/mol. The third-order valence-electron chi connectivity index (χ3n) is 5.08. The zero-order valence-corrected chi connectivity index (χ0v) is 12.4. The van der Waals surface area contributed by atoms with Gasteiger partial charge in [-0.3, -0.25) is 0 Å². The van der Waals surface area contributed by atoms with Crippen LogP contribution >= 0.6 is 11.5 Å². The predicted molar refractivity (Wildman–Crippen MR) is 83.4 cm³/mol. The molecule has 2 aromatic rings. The smallest absolute Gasteiger partial charge is 0.119 e. The van der Waals surface area contributed by atoms with Crippen molar-refractivity contribution in [1.29, 1.82) is 0 Å². The molecule has 106 valence electrons. The van der Waals surface area contributed by atoms with Crippen molar-refractivity contribution in [2.45, 2.75) is 37.7 Å². The average molecular weight is 288 g/mol. The maximum Gasteiger partial charge on any atom is 0.119 e. The lowest BCUT2D eigenvalue weighted by molar-refractivity contribution is -0.0611. The summed E-state index contributed by atoms with van der Waals surface area (Å²) in [5, 5.41) is 13.3. The van der Waals surface area contributed by atoms with E-state index in [4.69, 9.17) is 0 Å². The Hall–Kier alpha value is -1.13. The minimum Gasteiger partial charge on any atom is -0.389 e. The zero-order chi connectivity index (χ0) is 13.6. The van der Waals surface area contributed by atoms with E-state index in [0.29, 0.717) is 5.92 Å². The highest BCUT2D eigenvalue weighted by Crippen LogP contribution is 2.42. The Labute approximate surface area is 123 Å². The topological polar surface area (TPSA) is 36.4 Å². The third-order valence-corrected chi connectivity index (χ3v) is 6.02. The molecule has 2 unspecified atom stereocenters. The van der Waals surface area contributed by atoms with Crippen molar-refractivity contribution < 1.29 is 5.11 Å². The van der Waals surface area contributed by atoms with Gasteiger partial charge in [-0.05, 0) is 42.9 Å². The molecule has 0 bridgehead atoms. The molecule has 0 spiro atoms. The van der Waals surface area contributed by atoms with Crippen LogP contribution in [-0.4, -0.2) is 28.2 Å². The van der Waals surface area contributed by atoms with Gasteiger partial charge in [0.2, 0.25) is 0 Å². The minimum atomic E-state index is -0.394. The van der Waals surface area contributed by atoms with Gasteiger partial charge in [0.1, 0.15) is 5.00 Å². The summed E-state index contributed by atoms with van der Waals surface area (Å²) in [6.07, 6.45) is 5.53. The summed E-state index contributed by atoms with van der Waals surface area (Å²) in [5.74, 6) is 0.436. The molecule has 3 nitrogen and oxygen atoms in total. The molecule has 1 aromatic carbocycles. The number of hydrogen-bond donors (Lipinski definition) is 1. The van der Waals surface area contributed by atoms with Crippen LogP contribution in [0, 0.1) is 5.92 Å². The molecule has 1 aliphatic heterocycles. The molecule has 20 heavy (non-hydrogen) atoms. The lowest BCUT2D eigenvalue weighted by Gasteiger charge is -2.47. The highest BCUT2D eigenvalue weighted by atomic mass is 32.1. The molecule has 1 saturated carbocycles. The normalized spacial score (nSPS) is 30.4. The van der Waals surface area contributed by atoms with Crippen LogP contribution in [0.15, 0.2) is 24.3 Å². The van der Waals surface area contributed by atoms with Gasteiger partial charge in [-0.1, -0.05) is 25.0 Å². The van der Waals surface area contributed by atoms with Gasteiger partial charge in [0.25, 0.3) is 0 Å². The number of benzene rings is 1. The number of aromatic nitrogens is 1. The van der Waals surface area contributed by atoms with E-state index in [9.17, 15) is 5.11 Å². The van der Waals surface area contributed by atoms with Gasteiger partial charge in [-0.25, -0.2) is 0 Å². The summed E-state index contributed by atoms with van der Waals surface area (Å²) in [5.41, 5.74) is 0.701. The summed E-state index contributed by atoms with van der Waals surface area (Å²) in [7, 11) is 0. The van der Waals surface area contributed by atoms with E-state index in [2.05, 4.69) is 27.5 Å². The van der Waals surface area contributed by atoms with Crippen molar-refractivity contribution in [3.05, 3.63) is 24.3 Å². The van der Waals surface area contributed by atoms with Crippen LogP contribution in [0.3, 0.4) is 0 Å². The maximum atomic E-state index is 10.8. The van der Waals surface area contributed by atoms with Gasteiger partial charge < -0.3 is 10.0 Å². The van der Waals surface area contributed by atoms with Gasteiger partial charge in [-0.2, -0.15) is 4.37 Å². The van der Waals surface area contributed by atoms with Crippen LogP contribution in [0.5, 0.6) is 0 Å². The van der Waals surface area contributed by atoms with Crippen molar-refractivity contribution in [2.24, 2.45) is 5.92 Å². The van der Waals surface area contributed by atoms with Crippen molar-refractivity contribution in [2.75, 3.05) is 18.0 Å². The molecule has 4 rings (SSSR count). The fourth-order valence-corrected chi connectivity index (χ4v) is 4.76. The molecule has 1 aliphatic carbocycles. The van der Waals surface area contributed by atoms with Gasteiger partial charge in [-0.15, -0.1) is 0 Å².